The minimum atomic E-state index is -1.14. The molecule has 0 aliphatic rings. The van der Waals surface area contributed by atoms with Crippen molar-refractivity contribution in [2.24, 2.45) is 0 Å². The quantitative estimate of drug-likeness (QED) is 0.691. The zero-order chi connectivity index (χ0) is 11.4. The lowest BCUT2D eigenvalue weighted by molar-refractivity contribution is 0.532. The van der Waals surface area contributed by atoms with Gasteiger partial charge in [0.2, 0.25) is 0 Å². The topological polar surface area (TPSA) is 9.23 Å². The third kappa shape index (κ3) is 3.56. The van der Waals surface area contributed by atoms with Gasteiger partial charge in [0.05, 0.1) is 5.75 Å². The van der Waals surface area contributed by atoms with Gasteiger partial charge in [0, 0.05) is 0 Å². The first-order chi connectivity index (χ1) is 7.02. The van der Waals surface area contributed by atoms with Gasteiger partial charge in [-0.25, -0.2) is 0 Å². The summed E-state index contributed by atoms with van der Waals surface area (Å²) in [4.78, 5) is 0. The van der Waals surface area contributed by atoms with Gasteiger partial charge in [-0.3, -0.25) is 0 Å². The maximum absolute atomic E-state index is 6.21. The molecule has 0 amide bonds. The summed E-state index contributed by atoms with van der Waals surface area (Å²) in [5.41, 5.74) is 1.25. The lowest BCUT2D eigenvalue weighted by Gasteiger charge is -2.22. The molecule has 0 saturated carbocycles. The molecule has 0 saturated heterocycles. The van der Waals surface area contributed by atoms with E-state index >= 15 is 0 Å². The Hall–Kier alpha value is -0.448. The number of hydrogen-bond donors (Lipinski definition) is 0. The van der Waals surface area contributed by atoms with Crippen LogP contribution in [0.3, 0.4) is 0 Å². The van der Waals surface area contributed by atoms with Crippen molar-refractivity contribution in [2.45, 2.75) is 44.2 Å². The third-order valence-electron chi connectivity index (χ3n) is 2.67. The van der Waals surface area contributed by atoms with E-state index in [-0.39, 0.29) is 0 Å². The van der Waals surface area contributed by atoms with Crippen molar-refractivity contribution in [3.63, 3.8) is 0 Å². The highest BCUT2D eigenvalue weighted by atomic mass is 27.2. The zero-order valence-corrected chi connectivity index (χ0v) is 11.6. The van der Waals surface area contributed by atoms with Crippen molar-refractivity contribution in [1.29, 1.82) is 0 Å². The van der Waals surface area contributed by atoms with Gasteiger partial charge in [-0.05, 0) is 28.1 Å². The number of rotatable bonds is 4. The smallest absolute Gasteiger partial charge is 0.552 e. The van der Waals surface area contributed by atoms with Crippen molar-refractivity contribution >= 4 is 14.5 Å². The van der Waals surface area contributed by atoms with Crippen LogP contribution in [0.1, 0.15) is 33.3 Å². The molecule has 0 radical (unpaired) electrons. The molecule has 82 valence electrons. The maximum atomic E-state index is 6.21. The molecule has 0 fully saturated rings. The zero-order valence-electron chi connectivity index (χ0n) is 10.4. The van der Waals surface area contributed by atoms with Gasteiger partial charge in [0.25, 0.3) is 0 Å². The predicted octanol–water partition coefficient (Wildman–Crippen LogP) is 4.19. The lowest BCUT2D eigenvalue weighted by atomic mass is 10.2. The molecule has 2 heteroatoms. The summed E-state index contributed by atoms with van der Waals surface area (Å²) in [7, 11) is 0. The summed E-state index contributed by atoms with van der Waals surface area (Å²) >= 11 is -1.14. The van der Waals surface area contributed by atoms with Crippen LogP contribution in [-0.2, 0) is 0 Å². The summed E-state index contributed by atoms with van der Waals surface area (Å²) in [6, 6.07) is 8.31. The molecule has 0 aliphatic heterocycles. The molecule has 0 atom stereocenters. The number of hydrogen-bond acceptors (Lipinski definition) is 1. The summed E-state index contributed by atoms with van der Waals surface area (Å²) in [6.45, 7) is 11.2. The van der Waals surface area contributed by atoms with Gasteiger partial charge >= 0.3 is 14.5 Å². The van der Waals surface area contributed by atoms with Crippen LogP contribution in [0.25, 0.3) is 0 Å². The molecule has 1 aromatic carbocycles. The molecule has 0 heterocycles. The summed E-state index contributed by atoms with van der Waals surface area (Å²) < 4.78 is 7.58. The molecular formula is C13H21AlO. The van der Waals surface area contributed by atoms with Crippen LogP contribution in [0.15, 0.2) is 24.3 Å². The Kier molecular flexibility index (Phi) is 4.70. The predicted molar refractivity (Wildman–Crippen MR) is 67.8 cm³/mol. The Labute approximate surface area is 98.2 Å². The second-order valence-electron chi connectivity index (χ2n) is 4.84. The van der Waals surface area contributed by atoms with Crippen molar-refractivity contribution in [3.8, 4) is 5.75 Å². The largest absolute Gasteiger partial charge is 0.642 e. The fourth-order valence-electron chi connectivity index (χ4n) is 1.88. The normalized spacial score (nSPS) is 10.9. The maximum Gasteiger partial charge on any atom is 0.552 e. The SMILES string of the molecule is Cc1ccccc1[O][Al]([CH](C)C)[CH](C)C. The van der Waals surface area contributed by atoms with Crippen LogP contribution < -0.4 is 3.79 Å². The fraction of sp³-hybridized carbons (Fsp3) is 0.538. The van der Waals surface area contributed by atoms with E-state index in [4.69, 9.17) is 3.79 Å². The molecule has 0 aliphatic carbocycles. The first-order valence-corrected chi connectivity index (χ1v) is 7.55. The van der Waals surface area contributed by atoms with Crippen LogP contribution in [0.2, 0.25) is 9.56 Å². The first kappa shape index (κ1) is 12.6. The molecule has 0 aromatic heterocycles. The van der Waals surface area contributed by atoms with Crippen molar-refractivity contribution < 1.29 is 3.79 Å². The standard InChI is InChI=1S/C7H8O.2C3H7.Al/c1-6-4-2-3-5-7(6)8;2*1-3-2;/h2-5,8H,1H3;2*3H,1-2H3;/q;;;+1/p-1. The molecule has 0 unspecified atom stereocenters. The summed E-state index contributed by atoms with van der Waals surface area (Å²) in [5.74, 6) is 1.08. The highest BCUT2D eigenvalue weighted by Crippen LogP contribution is 2.25. The van der Waals surface area contributed by atoms with Crippen molar-refractivity contribution in [3.05, 3.63) is 29.8 Å². The summed E-state index contributed by atoms with van der Waals surface area (Å²) in [6.07, 6.45) is 0. The van der Waals surface area contributed by atoms with E-state index in [1.807, 2.05) is 0 Å². The van der Waals surface area contributed by atoms with E-state index in [2.05, 4.69) is 58.9 Å². The third-order valence-corrected chi connectivity index (χ3v) is 5.83. The van der Waals surface area contributed by atoms with Crippen molar-refractivity contribution in [2.75, 3.05) is 0 Å². The minimum absolute atomic E-state index is 0.685. The minimum Gasteiger partial charge on any atom is -0.642 e. The second-order valence-corrected chi connectivity index (χ2v) is 8.67. The molecule has 1 rings (SSSR count). The van der Waals surface area contributed by atoms with E-state index in [1.54, 1.807) is 0 Å². The Bertz CT molecular complexity index is 299. The Morgan fingerprint density at radius 2 is 1.53 bits per heavy atom. The molecule has 1 aromatic rings. The number of benzene rings is 1. The molecule has 1 nitrogen and oxygen atoms in total. The molecule has 0 N–H and O–H groups in total. The van der Waals surface area contributed by atoms with E-state index in [0.29, 0.717) is 9.56 Å². The Morgan fingerprint density at radius 1 is 1.00 bits per heavy atom. The van der Waals surface area contributed by atoms with Gasteiger partial charge in [-0.1, -0.05) is 45.9 Å². The number of para-hydroxylation sites is 1. The van der Waals surface area contributed by atoms with Crippen LogP contribution in [0, 0.1) is 6.92 Å². The van der Waals surface area contributed by atoms with Gasteiger partial charge < -0.3 is 3.79 Å². The van der Waals surface area contributed by atoms with Gasteiger partial charge in [0.1, 0.15) is 0 Å². The molecule has 0 bridgehead atoms. The van der Waals surface area contributed by atoms with E-state index in [0.717, 1.165) is 5.75 Å². The first-order valence-electron chi connectivity index (χ1n) is 5.74. The molecular weight excluding hydrogens is 199 g/mol. The molecule has 0 spiro atoms. The Balaban J connectivity index is 2.79. The van der Waals surface area contributed by atoms with Gasteiger partial charge in [-0.15, -0.1) is 0 Å². The lowest BCUT2D eigenvalue weighted by Crippen LogP contribution is -2.29. The van der Waals surface area contributed by atoms with Crippen LogP contribution >= 0.6 is 0 Å². The average Bonchev–Trinajstić information content (AvgIpc) is 2.15. The summed E-state index contributed by atoms with van der Waals surface area (Å²) in [5, 5.41) is 0. The Morgan fingerprint density at radius 3 is 2.00 bits per heavy atom. The van der Waals surface area contributed by atoms with Crippen molar-refractivity contribution in [1.82, 2.24) is 0 Å². The second kappa shape index (κ2) is 5.59. The van der Waals surface area contributed by atoms with Crippen LogP contribution in [0.4, 0.5) is 0 Å². The number of aryl methyl sites for hydroxylation is 1. The monoisotopic (exact) mass is 220 g/mol. The highest BCUT2D eigenvalue weighted by molar-refractivity contribution is 6.55. The molecule has 15 heavy (non-hydrogen) atoms. The van der Waals surface area contributed by atoms with Gasteiger partial charge in [0.15, 0.2) is 0 Å². The highest BCUT2D eigenvalue weighted by Gasteiger charge is 2.32. The average molecular weight is 220 g/mol. The van der Waals surface area contributed by atoms with Gasteiger partial charge in [-0.2, -0.15) is 0 Å². The van der Waals surface area contributed by atoms with E-state index in [1.165, 1.54) is 5.56 Å². The van der Waals surface area contributed by atoms with Crippen LogP contribution in [-0.4, -0.2) is 14.5 Å². The fourth-order valence-corrected chi connectivity index (χ4v) is 4.52. The van der Waals surface area contributed by atoms with E-state index in [9.17, 15) is 0 Å². The van der Waals surface area contributed by atoms with Crippen LogP contribution in [0.5, 0.6) is 5.75 Å². The van der Waals surface area contributed by atoms with E-state index < -0.39 is 14.5 Å².